The number of thioether (sulfide) groups is 1. The van der Waals surface area contributed by atoms with Crippen LogP contribution in [0.3, 0.4) is 0 Å². The Bertz CT molecular complexity index is 312. The first-order valence-corrected chi connectivity index (χ1v) is 6.16. The molecule has 1 aliphatic rings. The quantitative estimate of drug-likeness (QED) is 0.726. The summed E-state index contributed by atoms with van der Waals surface area (Å²) in [5.74, 6) is 0.757. The molecule has 0 aliphatic carbocycles. The summed E-state index contributed by atoms with van der Waals surface area (Å²) >= 11 is 1.47. The van der Waals surface area contributed by atoms with Crippen LogP contribution in [0.1, 0.15) is 19.8 Å². The first-order valence-electron chi connectivity index (χ1n) is 5.17. The van der Waals surface area contributed by atoms with Crippen LogP contribution < -0.4 is 5.32 Å². The highest BCUT2D eigenvalue weighted by molar-refractivity contribution is 8.13. The van der Waals surface area contributed by atoms with Crippen molar-refractivity contribution in [1.29, 1.82) is 5.26 Å². The van der Waals surface area contributed by atoms with Gasteiger partial charge in [-0.05, 0) is 6.92 Å². The number of nitriles is 1. The molecule has 1 rings (SSSR count). The Morgan fingerprint density at radius 2 is 2.50 bits per heavy atom. The van der Waals surface area contributed by atoms with Crippen molar-refractivity contribution in [2.45, 2.75) is 25.8 Å². The predicted molar refractivity (Wildman–Crippen MR) is 63.2 cm³/mol. The minimum atomic E-state index is 0.0235. The number of carbonyl (C=O) groups excluding carboxylic acids is 1. The predicted octanol–water partition coefficient (Wildman–Crippen LogP) is 0.914. The Balaban J connectivity index is 2.13. The number of ether oxygens (including phenoxy) is 1. The number of amidine groups is 1. The van der Waals surface area contributed by atoms with Gasteiger partial charge in [-0.25, -0.2) is 0 Å². The molecular formula is C10H15N3O2S. The first kappa shape index (κ1) is 13.0. The molecule has 0 aromatic rings. The third-order valence-electron chi connectivity index (χ3n) is 1.89. The summed E-state index contributed by atoms with van der Waals surface area (Å²) in [6.45, 7) is 2.95. The lowest BCUT2D eigenvalue weighted by molar-refractivity contribution is -0.120. The molecule has 1 amide bonds. The lowest BCUT2D eigenvalue weighted by atomic mass is 10.2. The van der Waals surface area contributed by atoms with E-state index in [0.29, 0.717) is 31.2 Å². The smallest absolute Gasteiger partial charge is 0.228 e. The van der Waals surface area contributed by atoms with Crippen LogP contribution in [0.25, 0.3) is 0 Å². The van der Waals surface area contributed by atoms with Crippen LogP contribution in [0.2, 0.25) is 0 Å². The van der Waals surface area contributed by atoms with E-state index in [0.717, 1.165) is 5.75 Å². The second kappa shape index (κ2) is 7.25. The fourth-order valence-electron chi connectivity index (χ4n) is 1.21. The van der Waals surface area contributed by atoms with Gasteiger partial charge in [0.1, 0.15) is 0 Å². The number of hydrogen-bond donors (Lipinski definition) is 1. The van der Waals surface area contributed by atoms with Crippen LogP contribution in [0.15, 0.2) is 4.99 Å². The summed E-state index contributed by atoms with van der Waals surface area (Å²) in [7, 11) is 0. The van der Waals surface area contributed by atoms with E-state index in [1.807, 2.05) is 13.0 Å². The van der Waals surface area contributed by atoms with Crippen LogP contribution >= 0.6 is 11.8 Å². The van der Waals surface area contributed by atoms with Crippen LogP contribution in [0.4, 0.5) is 0 Å². The van der Waals surface area contributed by atoms with E-state index in [4.69, 9.17) is 10.00 Å². The molecule has 0 saturated carbocycles. The van der Waals surface area contributed by atoms with Crippen molar-refractivity contribution in [3.05, 3.63) is 0 Å². The lowest BCUT2D eigenvalue weighted by Crippen LogP contribution is -2.36. The minimum Gasteiger partial charge on any atom is -0.380 e. The molecule has 16 heavy (non-hydrogen) atoms. The molecule has 0 saturated heterocycles. The molecule has 0 spiro atoms. The first-order chi connectivity index (χ1) is 7.72. The monoisotopic (exact) mass is 241 g/mol. The zero-order valence-corrected chi connectivity index (χ0v) is 10.0. The molecule has 1 aliphatic heterocycles. The van der Waals surface area contributed by atoms with E-state index in [9.17, 15) is 4.79 Å². The molecule has 5 nitrogen and oxygen atoms in total. The fourth-order valence-corrected chi connectivity index (χ4v) is 2.04. The zero-order valence-electron chi connectivity index (χ0n) is 9.23. The largest absolute Gasteiger partial charge is 0.380 e. The third-order valence-corrected chi connectivity index (χ3v) is 2.74. The van der Waals surface area contributed by atoms with E-state index >= 15 is 0 Å². The van der Waals surface area contributed by atoms with E-state index in [1.54, 1.807) is 0 Å². The second-order valence-corrected chi connectivity index (χ2v) is 4.49. The molecule has 0 bridgehead atoms. The Labute approximate surface area is 99.3 Å². The maximum absolute atomic E-state index is 11.2. The molecular weight excluding hydrogens is 226 g/mol. The molecule has 1 N–H and O–H groups in total. The third kappa shape index (κ3) is 5.14. The maximum atomic E-state index is 11.2. The Hall–Kier alpha value is -1.06. The number of carbonyl (C=O) groups is 1. The molecule has 0 fully saturated rings. The molecule has 6 heteroatoms. The van der Waals surface area contributed by atoms with Gasteiger partial charge in [0.25, 0.3) is 0 Å². The molecule has 0 radical (unpaired) electrons. The highest BCUT2D eigenvalue weighted by Gasteiger charge is 2.17. The summed E-state index contributed by atoms with van der Waals surface area (Å²) in [6.07, 6.45) is 0.877. The fraction of sp³-hybridized carbons (Fsp3) is 0.700. The van der Waals surface area contributed by atoms with Gasteiger partial charge in [0.05, 0.1) is 31.7 Å². The highest BCUT2D eigenvalue weighted by Crippen LogP contribution is 2.10. The summed E-state index contributed by atoms with van der Waals surface area (Å²) in [5, 5.41) is 11.7. The molecule has 0 aromatic carbocycles. The average Bonchev–Trinajstić information content (AvgIpc) is 2.22. The molecule has 1 heterocycles. The normalized spacial score (nSPS) is 19.9. The number of nitrogens with zero attached hydrogens (tertiary/aromatic N) is 2. The molecule has 1 atom stereocenters. The average molecular weight is 241 g/mol. The van der Waals surface area contributed by atoms with Crippen LogP contribution in [0, 0.1) is 11.3 Å². The van der Waals surface area contributed by atoms with Crippen LogP contribution in [0.5, 0.6) is 0 Å². The van der Waals surface area contributed by atoms with Crippen LogP contribution in [-0.4, -0.2) is 36.1 Å². The van der Waals surface area contributed by atoms with Gasteiger partial charge in [0, 0.05) is 12.2 Å². The van der Waals surface area contributed by atoms with Gasteiger partial charge < -0.3 is 10.1 Å². The second-order valence-electron chi connectivity index (χ2n) is 3.40. The maximum Gasteiger partial charge on any atom is 0.228 e. The van der Waals surface area contributed by atoms with E-state index < -0.39 is 0 Å². The van der Waals surface area contributed by atoms with Gasteiger partial charge in [-0.3, -0.25) is 9.79 Å². The Kier molecular flexibility index (Phi) is 5.90. The van der Waals surface area contributed by atoms with Gasteiger partial charge in [0.15, 0.2) is 5.17 Å². The molecule has 0 unspecified atom stereocenters. The number of aliphatic imine (C=N–C) groups is 1. The van der Waals surface area contributed by atoms with Crippen molar-refractivity contribution >= 4 is 22.8 Å². The van der Waals surface area contributed by atoms with Gasteiger partial charge in [-0.1, -0.05) is 11.8 Å². The standard InChI is InChI=1S/C10H15N3O2S/c1-8-7-9(14)13-10(12-8)16-6-5-15-4-2-3-11/h8H,2,4-7H2,1H3,(H,12,13,14)/t8-/m0/s1. The minimum absolute atomic E-state index is 0.0235. The number of amides is 1. The van der Waals surface area contributed by atoms with E-state index in [-0.39, 0.29) is 11.9 Å². The number of rotatable bonds is 5. The topological polar surface area (TPSA) is 74.5 Å². The van der Waals surface area contributed by atoms with Crippen LogP contribution in [-0.2, 0) is 9.53 Å². The van der Waals surface area contributed by atoms with Crippen molar-refractivity contribution < 1.29 is 9.53 Å². The SMILES string of the molecule is C[C@H]1CC(=O)NC(SCCOCCC#N)=N1. The van der Waals surface area contributed by atoms with Crippen molar-refractivity contribution in [1.82, 2.24) is 5.32 Å². The van der Waals surface area contributed by atoms with Gasteiger partial charge in [0.2, 0.25) is 5.91 Å². The molecule has 0 aromatic heterocycles. The van der Waals surface area contributed by atoms with Crippen molar-refractivity contribution in [2.75, 3.05) is 19.0 Å². The summed E-state index contributed by atoms with van der Waals surface area (Å²) in [4.78, 5) is 15.5. The van der Waals surface area contributed by atoms with Crippen molar-refractivity contribution in [3.63, 3.8) is 0 Å². The lowest BCUT2D eigenvalue weighted by Gasteiger charge is -2.17. The Morgan fingerprint density at radius 1 is 1.69 bits per heavy atom. The van der Waals surface area contributed by atoms with E-state index in [1.165, 1.54) is 11.8 Å². The highest BCUT2D eigenvalue weighted by atomic mass is 32.2. The number of hydrogen-bond acceptors (Lipinski definition) is 5. The summed E-state index contributed by atoms with van der Waals surface area (Å²) < 4.78 is 5.21. The molecule has 88 valence electrons. The van der Waals surface area contributed by atoms with E-state index in [2.05, 4.69) is 10.3 Å². The Morgan fingerprint density at radius 3 is 3.19 bits per heavy atom. The van der Waals surface area contributed by atoms with Gasteiger partial charge in [-0.15, -0.1) is 0 Å². The number of nitrogens with one attached hydrogen (secondary N) is 1. The van der Waals surface area contributed by atoms with Crippen molar-refractivity contribution in [3.8, 4) is 6.07 Å². The van der Waals surface area contributed by atoms with Gasteiger partial charge >= 0.3 is 0 Å². The van der Waals surface area contributed by atoms with Crippen molar-refractivity contribution in [2.24, 2.45) is 4.99 Å². The zero-order chi connectivity index (χ0) is 11.8. The summed E-state index contributed by atoms with van der Waals surface area (Å²) in [6, 6.07) is 2.07. The van der Waals surface area contributed by atoms with Gasteiger partial charge in [-0.2, -0.15) is 5.26 Å². The summed E-state index contributed by atoms with van der Waals surface area (Å²) in [5.41, 5.74) is 0.